The van der Waals surface area contributed by atoms with Gasteiger partial charge in [-0.25, -0.2) is 0 Å². The highest BCUT2D eigenvalue weighted by Gasteiger charge is 1.65. The van der Waals surface area contributed by atoms with Crippen LogP contribution in [0.2, 0.25) is 0 Å². The van der Waals surface area contributed by atoms with Crippen molar-refractivity contribution in [2.75, 3.05) is 46.9 Å². The molecule has 0 radical (unpaired) electrons. The van der Waals surface area contributed by atoms with Crippen molar-refractivity contribution < 1.29 is 15.0 Å². The Morgan fingerprint density at radius 2 is 1.71 bits per heavy atom. The fraction of sp³-hybridized carbons (Fsp3) is 0.875. The Hall–Kier alpha value is -0.530. The molecule has 0 saturated heterocycles. The predicted octanol–water partition coefficient (Wildman–Crippen LogP) is -2.46. The van der Waals surface area contributed by atoms with Crippen LogP contribution in [0.1, 0.15) is 0 Å². The minimum absolute atomic E-state index is 0.0972. The molecule has 0 amide bonds. The fourth-order valence-corrected chi connectivity index (χ4v) is 0.195. The van der Waals surface area contributed by atoms with Crippen LogP contribution in [0.5, 0.6) is 0 Å². The summed E-state index contributed by atoms with van der Waals surface area (Å²) < 4.78 is 0. The number of aliphatic hydroxyl groups is 2. The molecule has 0 aliphatic heterocycles. The molecule has 0 atom stereocenters. The number of nitrogens with one attached hydrogen (secondary N) is 2. The van der Waals surface area contributed by atoms with Gasteiger partial charge in [-0.15, -0.1) is 0 Å². The molecule has 0 aromatic heterocycles. The van der Waals surface area contributed by atoms with Crippen molar-refractivity contribution in [3.05, 3.63) is 0 Å². The van der Waals surface area contributed by atoms with Crippen LogP contribution in [0.3, 0.4) is 0 Å². The molecule has 0 aliphatic rings. The van der Waals surface area contributed by atoms with E-state index in [0.29, 0.717) is 19.6 Å². The second-order valence-corrected chi connectivity index (χ2v) is 2.06. The Labute approximate surface area is 85.5 Å². The molecule has 88 valence electrons. The molecule has 0 fully saturated rings. The van der Waals surface area contributed by atoms with Gasteiger partial charge in [0.05, 0.1) is 19.8 Å². The summed E-state index contributed by atoms with van der Waals surface area (Å²) in [6, 6.07) is 0. The Morgan fingerprint density at radius 3 is 1.71 bits per heavy atom. The van der Waals surface area contributed by atoms with Crippen LogP contribution in [0.15, 0.2) is 0 Å². The molecular formula is C8H23N3O3. The monoisotopic (exact) mass is 209 g/mol. The van der Waals surface area contributed by atoms with Crippen LogP contribution in [-0.2, 0) is 4.79 Å². The van der Waals surface area contributed by atoms with Crippen LogP contribution in [0.4, 0.5) is 0 Å². The fourth-order valence-electron chi connectivity index (χ4n) is 0.195. The number of hydrogen-bond acceptors (Lipinski definition) is 6. The maximum Gasteiger partial charge on any atom is 0.133 e. The van der Waals surface area contributed by atoms with E-state index in [1.165, 1.54) is 0 Å². The Kier molecular flexibility index (Phi) is 40.1. The molecule has 0 saturated carbocycles. The molecule has 6 heteroatoms. The van der Waals surface area contributed by atoms with Crippen molar-refractivity contribution in [2.45, 2.75) is 0 Å². The average Bonchev–Trinajstić information content (AvgIpc) is 2.22. The van der Waals surface area contributed by atoms with Gasteiger partial charge < -0.3 is 31.4 Å². The van der Waals surface area contributed by atoms with Crippen molar-refractivity contribution in [3.8, 4) is 0 Å². The van der Waals surface area contributed by atoms with Gasteiger partial charge in [-0.05, 0) is 14.1 Å². The first-order valence-electron chi connectivity index (χ1n) is 4.39. The lowest BCUT2D eigenvalue weighted by atomic mass is 10.7. The number of carbonyl (C=O) groups excluding carboxylic acids is 1. The Balaban J connectivity index is -0.000000131. The zero-order valence-electron chi connectivity index (χ0n) is 8.99. The van der Waals surface area contributed by atoms with Gasteiger partial charge in [-0.3, -0.25) is 0 Å². The number of aldehydes is 1. The number of aliphatic hydroxyl groups excluding tert-OH is 2. The summed E-state index contributed by atoms with van der Waals surface area (Å²) in [6.07, 6.45) is 0.819. The third-order valence-electron chi connectivity index (χ3n) is 0.778. The van der Waals surface area contributed by atoms with Crippen LogP contribution < -0.4 is 16.4 Å². The van der Waals surface area contributed by atoms with Crippen LogP contribution >= 0.6 is 0 Å². The molecule has 0 rings (SSSR count). The topological polar surface area (TPSA) is 108 Å². The summed E-state index contributed by atoms with van der Waals surface area (Å²) in [5.41, 5.74) is 4.78. The zero-order valence-corrected chi connectivity index (χ0v) is 8.99. The molecule has 0 aromatic carbocycles. The zero-order chi connectivity index (χ0) is 11.7. The van der Waals surface area contributed by atoms with Gasteiger partial charge in [-0.2, -0.15) is 0 Å². The molecule has 6 N–H and O–H groups in total. The van der Waals surface area contributed by atoms with Gasteiger partial charge in [0.1, 0.15) is 6.29 Å². The van der Waals surface area contributed by atoms with E-state index in [4.69, 9.17) is 15.9 Å². The Bertz CT molecular complexity index is 80.2. The van der Waals surface area contributed by atoms with Crippen molar-refractivity contribution >= 4 is 6.29 Å². The van der Waals surface area contributed by atoms with Gasteiger partial charge in [-0.1, -0.05) is 0 Å². The molecule has 0 aliphatic carbocycles. The Morgan fingerprint density at radius 1 is 1.21 bits per heavy atom. The molecule has 0 heterocycles. The number of rotatable bonds is 5. The first kappa shape index (κ1) is 19.1. The van der Waals surface area contributed by atoms with Gasteiger partial charge >= 0.3 is 0 Å². The molecule has 0 aromatic rings. The molecule has 14 heavy (non-hydrogen) atoms. The van der Waals surface area contributed by atoms with Crippen LogP contribution in [0.25, 0.3) is 0 Å². The molecular weight excluding hydrogens is 186 g/mol. The lowest BCUT2D eigenvalue weighted by Gasteiger charge is -1.84. The standard InChI is InChI=1S/C3H9NO.C3H7NO.C2H7NO/c2*1-4-2-3-5;3-1-2-4/h4-5H,2-3H2,1H3;3-4H,2H2,1H3;4H,1-3H2. The quantitative estimate of drug-likeness (QED) is 0.321. The second-order valence-electron chi connectivity index (χ2n) is 2.06. The van der Waals surface area contributed by atoms with Gasteiger partial charge in [0, 0.05) is 13.1 Å². The minimum Gasteiger partial charge on any atom is -0.395 e. The SMILES string of the molecule is CNCC=O.CNCCO.NCCO. The number of carbonyl (C=O) groups is 1. The largest absolute Gasteiger partial charge is 0.395 e. The van der Waals surface area contributed by atoms with Gasteiger partial charge in [0.25, 0.3) is 0 Å². The minimum atomic E-state index is 0.0972. The number of hydrogen-bond donors (Lipinski definition) is 5. The molecule has 0 bridgehead atoms. The number of likely N-dealkylation sites (N-methyl/N-ethyl adjacent to an activating group) is 2. The summed E-state index contributed by atoms with van der Waals surface area (Å²) in [7, 11) is 3.53. The smallest absolute Gasteiger partial charge is 0.133 e. The summed E-state index contributed by atoms with van der Waals surface area (Å²) in [4.78, 5) is 9.34. The van der Waals surface area contributed by atoms with Crippen molar-refractivity contribution in [3.63, 3.8) is 0 Å². The van der Waals surface area contributed by atoms with Crippen molar-refractivity contribution in [1.82, 2.24) is 10.6 Å². The number of nitrogens with two attached hydrogens (primary N) is 1. The first-order valence-corrected chi connectivity index (χ1v) is 4.39. The van der Waals surface area contributed by atoms with E-state index < -0.39 is 0 Å². The van der Waals surface area contributed by atoms with E-state index in [-0.39, 0.29) is 13.2 Å². The summed E-state index contributed by atoms with van der Waals surface area (Å²) in [5, 5.41) is 21.2. The first-order chi connectivity index (χ1) is 6.74. The highest BCUT2D eigenvalue weighted by Crippen LogP contribution is 1.42. The van der Waals surface area contributed by atoms with Crippen molar-refractivity contribution in [2.24, 2.45) is 5.73 Å². The third kappa shape index (κ3) is 62.9. The average molecular weight is 209 g/mol. The normalized spacial score (nSPS) is 7.79. The highest BCUT2D eigenvalue weighted by molar-refractivity contribution is 5.51. The van der Waals surface area contributed by atoms with Crippen LogP contribution in [-0.4, -0.2) is 63.4 Å². The van der Waals surface area contributed by atoms with E-state index in [1.807, 2.05) is 0 Å². The van der Waals surface area contributed by atoms with E-state index in [9.17, 15) is 4.79 Å². The summed E-state index contributed by atoms with van der Waals surface area (Å²) >= 11 is 0. The van der Waals surface area contributed by atoms with Gasteiger partial charge in [0.2, 0.25) is 0 Å². The molecule has 0 spiro atoms. The molecule has 0 unspecified atom stereocenters. The maximum absolute atomic E-state index is 9.34. The summed E-state index contributed by atoms with van der Waals surface area (Å²) in [6.45, 7) is 1.86. The third-order valence-corrected chi connectivity index (χ3v) is 0.778. The van der Waals surface area contributed by atoms with E-state index in [0.717, 1.165) is 6.29 Å². The maximum atomic E-state index is 9.34. The van der Waals surface area contributed by atoms with E-state index >= 15 is 0 Å². The van der Waals surface area contributed by atoms with Crippen LogP contribution in [0, 0.1) is 0 Å². The van der Waals surface area contributed by atoms with E-state index in [2.05, 4.69) is 10.6 Å². The molecule has 6 nitrogen and oxygen atoms in total. The highest BCUT2D eigenvalue weighted by atomic mass is 16.3. The lowest BCUT2D eigenvalue weighted by molar-refractivity contribution is -0.107. The van der Waals surface area contributed by atoms with Crippen molar-refractivity contribution in [1.29, 1.82) is 0 Å². The lowest BCUT2D eigenvalue weighted by Crippen LogP contribution is -2.10. The van der Waals surface area contributed by atoms with E-state index in [1.54, 1.807) is 14.1 Å². The predicted molar refractivity (Wildman–Crippen MR) is 57.1 cm³/mol. The summed E-state index contributed by atoms with van der Waals surface area (Å²) in [5.74, 6) is 0. The van der Waals surface area contributed by atoms with Gasteiger partial charge in [0.15, 0.2) is 0 Å². The second kappa shape index (κ2) is 29.4.